The van der Waals surface area contributed by atoms with Crippen molar-refractivity contribution >= 4 is 23.2 Å². The molecule has 0 saturated carbocycles. The van der Waals surface area contributed by atoms with Crippen LogP contribution >= 0.6 is 11.3 Å². The van der Waals surface area contributed by atoms with Crippen LogP contribution < -0.4 is 5.32 Å². The highest BCUT2D eigenvalue weighted by atomic mass is 32.1. The molecule has 1 N–H and O–H groups in total. The second-order valence-electron chi connectivity index (χ2n) is 6.12. The highest BCUT2D eigenvalue weighted by molar-refractivity contribution is 7.09. The van der Waals surface area contributed by atoms with Crippen molar-refractivity contribution in [2.45, 2.75) is 45.7 Å². The topological polar surface area (TPSA) is 88.1 Å². The summed E-state index contributed by atoms with van der Waals surface area (Å²) < 4.78 is 0. The summed E-state index contributed by atoms with van der Waals surface area (Å²) in [4.78, 5) is 38.8. The molecule has 3 heterocycles. The van der Waals surface area contributed by atoms with Gasteiger partial charge < -0.3 is 10.2 Å². The number of amides is 2. The molecule has 25 heavy (non-hydrogen) atoms. The number of aromatic nitrogens is 3. The molecule has 0 bridgehead atoms. The summed E-state index contributed by atoms with van der Waals surface area (Å²) in [5.41, 5.74) is 2.30. The van der Waals surface area contributed by atoms with Crippen LogP contribution in [-0.2, 0) is 22.6 Å². The fourth-order valence-corrected chi connectivity index (χ4v) is 3.62. The summed E-state index contributed by atoms with van der Waals surface area (Å²) in [7, 11) is 0. The van der Waals surface area contributed by atoms with Gasteiger partial charge in [0.1, 0.15) is 0 Å². The molecule has 0 aromatic carbocycles. The first-order valence-corrected chi connectivity index (χ1v) is 9.16. The number of rotatable bonds is 5. The van der Waals surface area contributed by atoms with Crippen LogP contribution in [0.3, 0.4) is 0 Å². The SMILES string of the molecule is CC(=O)NCc1cncc(C2CCCN2C(=O)Cc2csc(C)n2)n1. The quantitative estimate of drug-likeness (QED) is 0.879. The van der Waals surface area contributed by atoms with E-state index in [1.807, 2.05) is 17.2 Å². The fraction of sp³-hybridized carbons (Fsp3) is 0.471. The minimum atomic E-state index is -0.108. The zero-order valence-corrected chi connectivity index (χ0v) is 15.2. The van der Waals surface area contributed by atoms with Gasteiger partial charge in [-0.1, -0.05) is 0 Å². The molecule has 2 amide bonds. The monoisotopic (exact) mass is 359 g/mol. The summed E-state index contributed by atoms with van der Waals surface area (Å²) >= 11 is 1.56. The number of hydrogen-bond donors (Lipinski definition) is 1. The van der Waals surface area contributed by atoms with Gasteiger partial charge >= 0.3 is 0 Å². The largest absolute Gasteiger partial charge is 0.351 e. The Morgan fingerprint density at radius 2 is 2.16 bits per heavy atom. The lowest BCUT2D eigenvalue weighted by atomic mass is 10.1. The van der Waals surface area contributed by atoms with Crippen LogP contribution in [0, 0.1) is 6.92 Å². The lowest BCUT2D eigenvalue weighted by molar-refractivity contribution is -0.131. The molecule has 8 heteroatoms. The average Bonchev–Trinajstić information content (AvgIpc) is 3.22. The summed E-state index contributed by atoms with van der Waals surface area (Å²) in [6.07, 6.45) is 5.49. The maximum absolute atomic E-state index is 12.7. The molecule has 1 fully saturated rings. The third kappa shape index (κ3) is 4.39. The Morgan fingerprint density at radius 1 is 1.32 bits per heavy atom. The standard InChI is InChI=1S/C17H21N5O2S/c1-11(23)19-8-14-7-18-9-15(21-14)16-4-3-5-22(16)17(24)6-13-10-25-12(2)20-13/h7,9-10,16H,3-6,8H2,1-2H3,(H,19,23). The molecule has 2 aromatic rings. The lowest BCUT2D eigenvalue weighted by Crippen LogP contribution is -2.32. The van der Waals surface area contributed by atoms with E-state index in [9.17, 15) is 9.59 Å². The number of nitrogens with zero attached hydrogens (tertiary/aromatic N) is 4. The number of aryl methyl sites for hydroxylation is 1. The Labute approximate surface area is 150 Å². The highest BCUT2D eigenvalue weighted by Crippen LogP contribution is 2.31. The Hall–Kier alpha value is -2.35. The van der Waals surface area contributed by atoms with Gasteiger partial charge in [-0.05, 0) is 19.8 Å². The normalized spacial score (nSPS) is 16.9. The highest BCUT2D eigenvalue weighted by Gasteiger charge is 2.31. The summed E-state index contributed by atoms with van der Waals surface area (Å²) in [5, 5.41) is 5.63. The van der Waals surface area contributed by atoms with Crippen molar-refractivity contribution in [1.29, 1.82) is 0 Å². The molecular formula is C17H21N5O2S. The average molecular weight is 359 g/mol. The minimum Gasteiger partial charge on any atom is -0.351 e. The lowest BCUT2D eigenvalue weighted by Gasteiger charge is -2.24. The van der Waals surface area contributed by atoms with Crippen molar-refractivity contribution in [2.24, 2.45) is 0 Å². The molecule has 0 radical (unpaired) electrons. The molecule has 1 aliphatic rings. The molecule has 1 atom stereocenters. The van der Waals surface area contributed by atoms with E-state index >= 15 is 0 Å². The van der Waals surface area contributed by atoms with E-state index in [1.54, 1.807) is 23.7 Å². The zero-order chi connectivity index (χ0) is 17.8. The van der Waals surface area contributed by atoms with E-state index in [2.05, 4.69) is 20.3 Å². The zero-order valence-electron chi connectivity index (χ0n) is 14.4. The van der Waals surface area contributed by atoms with Crippen molar-refractivity contribution in [3.8, 4) is 0 Å². The van der Waals surface area contributed by atoms with Gasteiger partial charge in [0, 0.05) is 18.8 Å². The van der Waals surface area contributed by atoms with Crippen LogP contribution in [-0.4, -0.2) is 38.2 Å². The Morgan fingerprint density at radius 3 is 2.88 bits per heavy atom. The van der Waals surface area contributed by atoms with Crippen LogP contribution in [0.1, 0.15) is 47.9 Å². The third-order valence-corrected chi connectivity index (χ3v) is 4.96. The molecule has 0 spiro atoms. The van der Waals surface area contributed by atoms with Gasteiger partial charge in [-0.2, -0.15) is 0 Å². The first-order chi connectivity index (χ1) is 12.0. The van der Waals surface area contributed by atoms with Gasteiger partial charge in [-0.15, -0.1) is 11.3 Å². The van der Waals surface area contributed by atoms with E-state index in [0.29, 0.717) is 18.7 Å². The van der Waals surface area contributed by atoms with Crippen LogP contribution in [0.2, 0.25) is 0 Å². The summed E-state index contributed by atoms with van der Waals surface area (Å²) in [6, 6.07) is -0.0583. The van der Waals surface area contributed by atoms with Gasteiger partial charge in [0.05, 0.1) is 53.5 Å². The first kappa shape index (κ1) is 17.5. The van der Waals surface area contributed by atoms with Gasteiger partial charge in [0.15, 0.2) is 0 Å². The second kappa shape index (κ2) is 7.69. The van der Waals surface area contributed by atoms with Crippen LogP contribution in [0.15, 0.2) is 17.8 Å². The van der Waals surface area contributed by atoms with Crippen molar-refractivity contribution < 1.29 is 9.59 Å². The molecule has 132 valence electrons. The molecule has 1 unspecified atom stereocenters. The van der Waals surface area contributed by atoms with E-state index in [-0.39, 0.29) is 17.9 Å². The molecule has 3 rings (SSSR count). The molecule has 1 aliphatic heterocycles. The van der Waals surface area contributed by atoms with Crippen molar-refractivity contribution in [1.82, 2.24) is 25.2 Å². The first-order valence-electron chi connectivity index (χ1n) is 8.28. The predicted molar refractivity (Wildman–Crippen MR) is 93.8 cm³/mol. The number of thiazole rings is 1. The minimum absolute atomic E-state index is 0.0583. The predicted octanol–water partition coefficient (Wildman–Crippen LogP) is 1.78. The van der Waals surface area contributed by atoms with Crippen LogP contribution in [0.4, 0.5) is 0 Å². The van der Waals surface area contributed by atoms with E-state index < -0.39 is 0 Å². The molecular weight excluding hydrogens is 338 g/mol. The van der Waals surface area contributed by atoms with Gasteiger partial charge in [0.2, 0.25) is 11.8 Å². The van der Waals surface area contributed by atoms with Crippen molar-refractivity contribution in [3.05, 3.63) is 39.9 Å². The summed E-state index contributed by atoms with van der Waals surface area (Å²) in [5.74, 6) is -0.0368. The fourth-order valence-electron chi connectivity index (χ4n) is 3.00. The summed E-state index contributed by atoms with van der Waals surface area (Å²) in [6.45, 7) is 4.47. The van der Waals surface area contributed by atoms with Crippen molar-refractivity contribution in [3.63, 3.8) is 0 Å². The Kier molecular flexibility index (Phi) is 5.37. The number of likely N-dealkylation sites (tertiary alicyclic amines) is 1. The smallest absolute Gasteiger partial charge is 0.229 e. The molecule has 0 aliphatic carbocycles. The van der Waals surface area contributed by atoms with E-state index in [4.69, 9.17) is 0 Å². The van der Waals surface area contributed by atoms with Gasteiger partial charge in [0.25, 0.3) is 0 Å². The maximum atomic E-state index is 12.7. The number of carbonyl (C=O) groups excluding carboxylic acids is 2. The van der Waals surface area contributed by atoms with Gasteiger partial charge in [-0.3, -0.25) is 19.6 Å². The number of carbonyl (C=O) groups is 2. The number of nitrogens with one attached hydrogen (secondary N) is 1. The van der Waals surface area contributed by atoms with E-state index in [1.165, 1.54) is 6.92 Å². The number of hydrogen-bond acceptors (Lipinski definition) is 6. The van der Waals surface area contributed by atoms with Crippen molar-refractivity contribution in [2.75, 3.05) is 6.54 Å². The molecule has 2 aromatic heterocycles. The van der Waals surface area contributed by atoms with E-state index in [0.717, 1.165) is 35.8 Å². The van der Waals surface area contributed by atoms with Crippen LogP contribution in [0.25, 0.3) is 0 Å². The molecule has 7 nitrogen and oxygen atoms in total. The second-order valence-corrected chi connectivity index (χ2v) is 7.19. The Balaban J connectivity index is 1.71. The molecule has 1 saturated heterocycles. The van der Waals surface area contributed by atoms with Crippen LogP contribution in [0.5, 0.6) is 0 Å². The third-order valence-electron chi connectivity index (χ3n) is 4.13. The maximum Gasteiger partial charge on any atom is 0.229 e. The Bertz CT molecular complexity index is 776. The van der Waals surface area contributed by atoms with Gasteiger partial charge in [-0.25, -0.2) is 4.98 Å².